The van der Waals surface area contributed by atoms with Gasteiger partial charge in [-0.05, 0) is 42.7 Å². The van der Waals surface area contributed by atoms with Crippen LogP contribution in [0.5, 0.6) is 0 Å². The number of nitrogens with zero attached hydrogens (tertiary/aromatic N) is 1. The van der Waals surface area contributed by atoms with Gasteiger partial charge in [0.25, 0.3) is 5.91 Å². The Morgan fingerprint density at radius 1 is 1.11 bits per heavy atom. The molecule has 2 aromatic carbocycles. The van der Waals surface area contributed by atoms with Gasteiger partial charge in [-0.1, -0.05) is 23.7 Å². The van der Waals surface area contributed by atoms with E-state index in [2.05, 4.69) is 15.6 Å². The Labute approximate surface area is 170 Å². The van der Waals surface area contributed by atoms with Crippen molar-refractivity contribution in [3.63, 3.8) is 0 Å². The summed E-state index contributed by atoms with van der Waals surface area (Å²) in [5.41, 5.74) is 1.87. The molecule has 5 nitrogen and oxygen atoms in total. The Hall–Kier alpha value is -2.35. The highest BCUT2D eigenvalue weighted by Gasteiger charge is 2.12. The lowest BCUT2D eigenvalue weighted by atomic mass is 10.2. The summed E-state index contributed by atoms with van der Waals surface area (Å²) >= 11 is 8.67. The average molecular weight is 418 g/mol. The van der Waals surface area contributed by atoms with Crippen molar-refractivity contribution in [2.45, 2.75) is 11.3 Å². The molecule has 0 spiro atoms. The normalized spacial score (nSPS) is 10.4. The molecule has 2 amide bonds. The largest absolute Gasteiger partial charge is 0.325 e. The lowest BCUT2D eigenvalue weighted by Crippen LogP contribution is -2.15. The highest BCUT2D eigenvalue weighted by Crippen LogP contribution is 2.25. The van der Waals surface area contributed by atoms with Gasteiger partial charge in [0, 0.05) is 20.9 Å². The molecule has 3 aromatic rings. The number of nitrogens with one attached hydrogen (secondary N) is 2. The van der Waals surface area contributed by atoms with Crippen LogP contribution in [-0.4, -0.2) is 23.1 Å². The fourth-order valence-corrected chi connectivity index (χ4v) is 3.71. The van der Waals surface area contributed by atoms with Crippen molar-refractivity contribution in [1.82, 2.24) is 4.98 Å². The summed E-state index contributed by atoms with van der Waals surface area (Å²) in [5.74, 6) is -0.428. The quantitative estimate of drug-likeness (QED) is 0.556. The van der Waals surface area contributed by atoms with Crippen molar-refractivity contribution in [2.75, 3.05) is 16.9 Å². The topological polar surface area (TPSA) is 71.1 Å². The lowest BCUT2D eigenvalue weighted by molar-refractivity contribution is -0.115. The molecule has 0 fully saturated rings. The highest BCUT2D eigenvalue weighted by molar-refractivity contribution is 7.98. The van der Waals surface area contributed by atoms with E-state index >= 15 is 0 Å². The minimum atomic E-state index is -0.272. The summed E-state index contributed by atoms with van der Waals surface area (Å²) in [5, 5.41) is 8.40. The van der Waals surface area contributed by atoms with Gasteiger partial charge in [0.15, 0.2) is 5.13 Å². The molecule has 0 bridgehead atoms. The molecule has 0 saturated carbocycles. The van der Waals surface area contributed by atoms with Crippen LogP contribution in [0.2, 0.25) is 5.02 Å². The molecule has 0 unspecified atom stereocenters. The molecular formula is C19H16ClN3O2S2. The van der Waals surface area contributed by atoms with Crippen LogP contribution in [0.15, 0.2) is 58.8 Å². The van der Waals surface area contributed by atoms with E-state index in [-0.39, 0.29) is 18.2 Å². The maximum absolute atomic E-state index is 12.3. The third-order valence-corrected chi connectivity index (χ3v) is 5.46. The van der Waals surface area contributed by atoms with Crippen LogP contribution in [0.3, 0.4) is 0 Å². The zero-order chi connectivity index (χ0) is 19.2. The van der Waals surface area contributed by atoms with Gasteiger partial charge in [0.2, 0.25) is 5.91 Å². The molecule has 138 valence electrons. The van der Waals surface area contributed by atoms with E-state index in [1.807, 2.05) is 30.5 Å². The summed E-state index contributed by atoms with van der Waals surface area (Å²) in [4.78, 5) is 29.8. The van der Waals surface area contributed by atoms with Gasteiger partial charge in [-0.3, -0.25) is 14.9 Å². The smallest absolute Gasteiger partial charge is 0.257 e. The van der Waals surface area contributed by atoms with Crippen molar-refractivity contribution >= 4 is 57.3 Å². The molecule has 0 aliphatic rings. The van der Waals surface area contributed by atoms with Gasteiger partial charge < -0.3 is 5.32 Å². The summed E-state index contributed by atoms with van der Waals surface area (Å²) in [6, 6.07) is 14.2. The summed E-state index contributed by atoms with van der Waals surface area (Å²) in [6.07, 6.45) is 2.09. The Bertz CT molecular complexity index is 958. The summed E-state index contributed by atoms with van der Waals surface area (Å²) in [7, 11) is 0. The lowest BCUT2D eigenvalue weighted by Gasteiger charge is -2.08. The molecule has 2 N–H and O–H groups in total. The first-order valence-corrected chi connectivity index (χ1v) is 10.5. The fraction of sp³-hybridized carbons (Fsp3) is 0.105. The molecular weight excluding hydrogens is 402 g/mol. The fourth-order valence-electron chi connectivity index (χ4n) is 2.32. The number of halogens is 1. The number of aromatic nitrogens is 1. The molecule has 0 atom stereocenters. The molecule has 1 heterocycles. The van der Waals surface area contributed by atoms with Gasteiger partial charge in [-0.2, -0.15) is 0 Å². The summed E-state index contributed by atoms with van der Waals surface area (Å²) < 4.78 is 0. The zero-order valence-electron chi connectivity index (χ0n) is 14.4. The van der Waals surface area contributed by atoms with Gasteiger partial charge in [0.1, 0.15) is 0 Å². The maximum atomic E-state index is 12.3. The molecule has 8 heteroatoms. The van der Waals surface area contributed by atoms with Crippen LogP contribution < -0.4 is 10.6 Å². The van der Waals surface area contributed by atoms with Crippen LogP contribution in [0.4, 0.5) is 10.8 Å². The van der Waals surface area contributed by atoms with Crippen molar-refractivity contribution in [3.8, 4) is 0 Å². The second-order valence-electron chi connectivity index (χ2n) is 5.53. The Kier molecular flexibility index (Phi) is 6.49. The minimum absolute atomic E-state index is 0.135. The number of anilines is 2. The van der Waals surface area contributed by atoms with Crippen molar-refractivity contribution in [2.24, 2.45) is 0 Å². The number of carbonyl (C=O) groups is 2. The van der Waals surface area contributed by atoms with E-state index in [4.69, 9.17) is 11.6 Å². The van der Waals surface area contributed by atoms with Crippen molar-refractivity contribution in [1.29, 1.82) is 0 Å². The first-order valence-electron chi connectivity index (χ1n) is 7.99. The molecule has 27 heavy (non-hydrogen) atoms. The SMILES string of the molecule is CSc1ccccc1NC(=O)Cc1csc(NC(=O)c2ccc(Cl)cc2)n1. The number of hydrogen-bond donors (Lipinski definition) is 2. The van der Waals surface area contributed by atoms with Crippen LogP contribution in [-0.2, 0) is 11.2 Å². The Morgan fingerprint density at radius 3 is 2.59 bits per heavy atom. The van der Waals surface area contributed by atoms with E-state index in [0.717, 1.165) is 10.6 Å². The number of carbonyl (C=O) groups excluding carboxylic acids is 2. The van der Waals surface area contributed by atoms with E-state index < -0.39 is 0 Å². The van der Waals surface area contributed by atoms with Crippen LogP contribution >= 0.6 is 34.7 Å². The first kappa shape index (κ1) is 19.4. The number of thioether (sulfide) groups is 1. The zero-order valence-corrected chi connectivity index (χ0v) is 16.8. The monoisotopic (exact) mass is 417 g/mol. The number of thiazole rings is 1. The molecule has 0 aliphatic heterocycles. The second-order valence-corrected chi connectivity index (χ2v) is 7.67. The van der Waals surface area contributed by atoms with E-state index in [0.29, 0.717) is 21.4 Å². The van der Waals surface area contributed by atoms with E-state index in [9.17, 15) is 9.59 Å². The Balaban J connectivity index is 1.59. The predicted molar refractivity (Wildman–Crippen MR) is 112 cm³/mol. The molecule has 3 rings (SSSR count). The minimum Gasteiger partial charge on any atom is -0.325 e. The predicted octanol–water partition coefficient (Wildman–Crippen LogP) is 4.95. The molecule has 0 saturated heterocycles. The van der Waals surface area contributed by atoms with Crippen molar-refractivity contribution < 1.29 is 9.59 Å². The second kappa shape index (κ2) is 9.03. The van der Waals surface area contributed by atoms with Crippen LogP contribution in [0.25, 0.3) is 0 Å². The maximum Gasteiger partial charge on any atom is 0.257 e. The molecule has 0 radical (unpaired) electrons. The summed E-state index contributed by atoms with van der Waals surface area (Å²) in [6.45, 7) is 0. The third kappa shape index (κ3) is 5.32. The average Bonchev–Trinajstić information content (AvgIpc) is 3.09. The standard InChI is InChI=1S/C19H16ClN3O2S2/c1-26-16-5-3-2-4-15(16)22-17(24)10-14-11-27-19(21-14)23-18(25)12-6-8-13(20)9-7-12/h2-9,11H,10H2,1H3,(H,22,24)(H,21,23,25). The number of para-hydroxylation sites is 1. The first-order chi connectivity index (χ1) is 13.0. The van der Waals surface area contributed by atoms with Gasteiger partial charge in [-0.15, -0.1) is 23.1 Å². The van der Waals surface area contributed by atoms with Crippen molar-refractivity contribution in [3.05, 3.63) is 70.2 Å². The van der Waals surface area contributed by atoms with Crippen LogP contribution in [0, 0.1) is 0 Å². The highest BCUT2D eigenvalue weighted by atomic mass is 35.5. The van der Waals surface area contributed by atoms with Gasteiger partial charge in [-0.25, -0.2) is 4.98 Å². The van der Waals surface area contributed by atoms with Gasteiger partial charge >= 0.3 is 0 Å². The number of hydrogen-bond acceptors (Lipinski definition) is 5. The van der Waals surface area contributed by atoms with Gasteiger partial charge in [0.05, 0.1) is 17.8 Å². The number of rotatable bonds is 6. The van der Waals surface area contributed by atoms with E-state index in [1.54, 1.807) is 41.4 Å². The van der Waals surface area contributed by atoms with E-state index in [1.165, 1.54) is 11.3 Å². The number of benzene rings is 2. The number of amides is 2. The van der Waals surface area contributed by atoms with Crippen LogP contribution in [0.1, 0.15) is 16.1 Å². The molecule has 0 aliphatic carbocycles. The third-order valence-electron chi connectivity index (χ3n) is 3.60. The Morgan fingerprint density at radius 2 is 1.85 bits per heavy atom. The molecule has 1 aromatic heterocycles.